The summed E-state index contributed by atoms with van der Waals surface area (Å²) < 4.78 is 0. The van der Waals surface area contributed by atoms with Crippen LogP contribution in [-0.2, 0) is 0 Å². The van der Waals surface area contributed by atoms with Crippen molar-refractivity contribution in [1.82, 2.24) is 0 Å². The second kappa shape index (κ2) is 3.34. The smallest absolute Gasteiger partial charge is 0.0281 e. The number of hydrogen-bond acceptors (Lipinski definition) is 1. The van der Waals surface area contributed by atoms with Gasteiger partial charge in [0.15, 0.2) is 0 Å². The SMILES string of the molecule is CC#CC1=CC=[C]C(=S)C1. The van der Waals surface area contributed by atoms with Crippen LogP contribution in [0.2, 0.25) is 0 Å². The first-order chi connectivity index (χ1) is 4.83. The van der Waals surface area contributed by atoms with Crippen LogP contribution in [0.1, 0.15) is 13.3 Å². The molecule has 0 saturated carbocycles. The maximum atomic E-state index is 4.95. The third kappa shape index (κ3) is 1.82. The Morgan fingerprint density at radius 3 is 3.10 bits per heavy atom. The van der Waals surface area contributed by atoms with Crippen molar-refractivity contribution in [1.29, 1.82) is 0 Å². The first-order valence-electron chi connectivity index (χ1n) is 3.07. The average molecular weight is 147 g/mol. The van der Waals surface area contributed by atoms with Gasteiger partial charge in [-0.25, -0.2) is 0 Å². The molecule has 0 bridgehead atoms. The first kappa shape index (κ1) is 7.24. The summed E-state index contributed by atoms with van der Waals surface area (Å²) in [6.07, 6.45) is 7.49. The van der Waals surface area contributed by atoms with Gasteiger partial charge in [-0.15, -0.1) is 5.92 Å². The van der Waals surface area contributed by atoms with Crippen molar-refractivity contribution >= 4 is 17.1 Å². The van der Waals surface area contributed by atoms with E-state index in [2.05, 4.69) is 17.9 Å². The van der Waals surface area contributed by atoms with Gasteiger partial charge in [-0.1, -0.05) is 24.2 Å². The summed E-state index contributed by atoms with van der Waals surface area (Å²) in [5.74, 6) is 5.80. The van der Waals surface area contributed by atoms with Gasteiger partial charge in [-0.05, 0) is 19.1 Å². The third-order valence-corrected chi connectivity index (χ3v) is 1.43. The summed E-state index contributed by atoms with van der Waals surface area (Å²) >= 11 is 4.95. The maximum absolute atomic E-state index is 4.95. The van der Waals surface area contributed by atoms with Gasteiger partial charge in [0.25, 0.3) is 0 Å². The van der Waals surface area contributed by atoms with E-state index in [0.29, 0.717) is 0 Å². The van der Waals surface area contributed by atoms with Gasteiger partial charge in [-0.2, -0.15) is 0 Å². The molecular weight excluding hydrogens is 140 g/mol. The first-order valence-corrected chi connectivity index (χ1v) is 3.48. The van der Waals surface area contributed by atoms with Crippen molar-refractivity contribution in [2.75, 3.05) is 0 Å². The predicted molar refractivity (Wildman–Crippen MR) is 46.6 cm³/mol. The van der Waals surface area contributed by atoms with Gasteiger partial charge in [0.05, 0.1) is 0 Å². The van der Waals surface area contributed by atoms with Crippen LogP contribution in [0.25, 0.3) is 0 Å². The predicted octanol–water partition coefficient (Wildman–Crippen LogP) is 2.07. The molecule has 1 aliphatic carbocycles. The Morgan fingerprint density at radius 2 is 2.50 bits per heavy atom. The molecule has 1 radical (unpaired) electrons. The molecule has 0 aromatic heterocycles. The van der Waals surface area contributed by atoms with Crippen molar-refractivity contribution in [2.45, 2.75) is 13.3 Å². The average Bonchev–Trinajstić information content (AvgIpc) is 1.88. The van der Waals surface area contributed by atoms with E-state index in [0.717, 1.165) is 16.9 Å². The molecule has 49 valence electrons. The van der Waals surface area contributed by atoms with Crippen LogP contribution >= 0.6 is 12.2 Å². The molecule has 0 spiro atoms. The van der Waals surface area contributed by atoms with E-state index in [-0.39, 0.29) is 0 Å². The highest BCUT2D eigenvalue weighted by molar-refractivity contribution is 7.80. The molecule has 0 nitrogen and oxygen atoms in total. The molecule has 0 unspecified atom stereocenters. The molecule has 0 N–H and O–H groups in total. The standard InChI is InChI=1S/C9H7S/c1-2-4-8-5-3-6-9(10)7-8/h3,5H,7H2,1H3. The van der Waals surface area contributed by atoms with Crippen LogP contribution in [0.3, 0.4) is 0 Å². The van der Waals surface area contributed by atoms with Gasteiger partial charge < -0.3 is 0 Å². The van der Waals surface area contributed by atoms with Crippen molar-refractivity contribution in [2.24, 2.45) is 0 Å². The Kier molecular flexibility index (Phi) is 2.42. The minimum Gasteiger partial charge on any atom is -0.102 e. The lowest BCUT2D eigenvalue weighted by atomic mass is 10.1. The summed E-state index contributed by atoms with van der Waals surface area (Å²) in [5.41, 5.74) is 1.09. The van der Waals surface area contributed by atoms with Crippen LogP contribution in [0, 0.1) is 17.9 Å². The van der Waals surface area contributed by atoms with Gasteiger partial charge in [0, 0.05) is 16.9 Å². The minimum atomic E-state index is 0.784. The number of thiocarbonyl (C=S) groups is 1. The summed E-state index contributed by atoms with van der Waals surface area (Å²) in [6.45, 7) is 1.83. The Labute approximate surface area is 66.6 Å². The molecule has 0 atom stereocenters. The van der Waals surface area contributed by atoms with E-state index in [1.807, 2.05) is 19.1 Å². The van der Waals surface area contributed by atoms with Crippen molar-refractivity contribution in [3.63, 3.8) is 0 Å². The van der Waals surface area contributed by atoms with Crippen LogP contribution in [0.15, 0.2) is 17.7 Å². The summed E-state index contributed by atoms with van der Waals surface area (Å²) in [5, 5.41) is 0. The molecule has 0 heterocycles. The molecule has 10 heavy (non-hydrogen) atoms. The summed E-state index contributed by atoms with van der Waals surface area (Å²) in [6, 6.07) is 0. The van der Waals surface area contributed by atoms with E-state index >= 15 is 0 Å². The highest BCUT2D eigenvalue weighted by Gasteiger charge is 1.99. The topological polar surface area (TPSA) is 0 Å². The molecule has 0 amide bonds. The summed E-state index contributed by atoms with van der Waals surface area (Å²) in [7, 11) is 0. The van der Waals surface area contributed by atoms with Crippen molar-refractivity contribution in [3.8, 4) is 11.8 Å². The molecule has 1 rings (SSSR count). The van der Waals surface area contributed by atoms with Gasteiger partial charge >= 0.3 is 0 Å². The molecular formula is C9H7S. The van der Waals surface area contributed by atoms with Gasteiger partial charge in [0.2, 0.25) is 0 Å². The van der Waals surface area contributed by atoms with Crippen LogP contribution in [0.4, 0.5) is 0 Å². The number of hydrogen-bond donors (Lipinski definition) is 0. The van der Waals surface area contributed by atoms with Gasteiger partial charge in [0.1, 0.15) is 0 Å². The highest BCUT2D eigenvalue weighted by atomic mass is 32.1. The zero-order valence-electron chi connectivity index (χ0n) is 5.77. The number of allylic oxidation sites excluding steroid dienone is 4. The Bertz CT molecular complexity index is 258. The van der Waals surface area contributed by atoms with E-state index in [9.17, 15) is 0 Å². The molecule has 0 aromatic carbocycles. The number of rotatable bonds is 0. The van der Waals surface area contributed by atoms with Crippen LogP contribution in [-0.4, -0.2) is 4.86 Å². The monoisotopic (exact) mass is 147 g/mol. The Hall–Kier alpha value is -0.870. The maximum Gasteiger partial charge on any atom is 0.0281 e. The Balaban J connectivity index is 2.77. The lowest BCUT2D eigenvalue weighted by Gasteiger charge is -2.00. The van der Waals surface area contributed by atoms with Crippen LogP contribution in [0.5, 0.6) is 0 Å². The van der Waals surface area contributed by atoms with Crippen molar-refractivity contribution in [3.05, 3.63) is 23.8 Å². The Morgan fingerprint density at radius 1 is 1.70 bits per heavy atom. The van der Waals surface area contributed by atoms with E-state index in [1.54, 1.807) is 0 Å². The largest absolute Gasteiger partial charge is 0.102 e. The van der Waals surface area contributed by atoms with Gasteiger partial charge in [-0.3, -0.25) is 0 Å². The molecule has 0 fully saturated rings. The molecule has 0 saturated heterocycles. The quantitative estimate of drug-likeness (QED) is 0.373. The lowest BCUT2D eigenvalue weighted by Crippen LogP contribution is -1.95. The zero-order chi connectivity index (χ0) is 7.40. The van der Waals surface area contributed by atoms with E-state index in [1.165, 1.54) is 0 Å². The second-order valence-electron chi connectivity index (χ2n) is 1.98. The molecule has 0 aromatic rings. The second-order valence-corrected chi connectivity index (χ2v) is 2.47. The molecule has 0 aliphatic heterocycles. The minimum absolute atomic E-state index is 0.784. The fourth-order valence-electron chi connectivity index (χ4n) is 0.765. The van der Waals surface area contributed by atoms with Crippen LogP contribution < -0.4 is 0 Å². The van der Waals surface area contributed by atoms with Crippen molar-refractivity contribution < 1.29 is 0 Å². The van der Waals surface area contributed by atoms with E-state index < -0.39 is 0 Å². The lowest BCUT2D eigenvalue weighted by molar-refractivity contribution is 1.39. The van der Waals surface area contributed by atoms with E-state index in [4.69, 9.17) is 12.2 Å². The normalized spacial score (nSPS) is 15.7. The fourth-order valence-corrected chi connectivity index (χ4v) is 0.988. The molecule has 1 aliphatic rings. The third-order valence-electron chi connectivity index (χ3n) is 1.17. The molecule has 1 heteroatoms. The fraction of sp³-hybridized carbons (Fsp3) is 0.222. The highest BCUT2D eigenvalue weighted by Crippen LogP contribution is 2.07. The summed E-state index contributed by atoms with van der Waals surface area (Å²) in [4.78, 5) is 0.847. The zero-order valence-corrected chi connectivity index (χ0v) is 6.59.